The van der Waals surface area contributed by atoms with E-state index in [1.807, 2.05) is 53.2 Å². The van der Waals surface area contributed by atoms with Gasteiger partial charge in [-0.25, -0.2) is 9.97 Å². The Morgan fingerprint density at radius 3 is 2.83 bits per heavy atom. The number of carbonyl (C=O) groups is 1. The maximum absolute atomic E-state index is 12.6. The molecule has 4 aromatic heterocycles. The van der Waals surface area contributed by atoms with Crippen LogP contribution in [0, 0.1) is 0 Å². The number of thiazole rings is 1. The molecule has 0 radical (unpaired) electrons. The molecule has 0 aliphatic carbocycles. The van der Waals surface area contributed by atoms with Crippen LogP contribution in [0.5, 0.6) is 0 Å². The lowest BCUT2D eigenvalue weighted by Gasteiger charge is -2.00. The van der Waals surface area contributed by atoms with Gasteiger partial charge in [0.05, 0.1) is 35.3 Å². The molecule has 0 bridgehead atoms. The first-order chi connectivity index (χ1) is 14.7. The minimum atomic E-state index is -0.238. The Kier molecular flexibility index (Phi) is 4.78. The number of nitrogens with zero attached hydrogens (tertiary/aromatic N) is 5. The Hall–Kier alpha value is -3.49. The van der Waals surface area contributed by atoms with Crippen molar-refractivity contribution < 1.29 is 4.79 Å². The van der Waals surface area contributed by atoms with Gasteiger partial charge in [-0.1, -0.05) is 35.9 Å². The first-order valence-electron chi connectivity index (χ1n) is 9.13. The van der Waals surface area contributed by atoms with E-state index in [2.05, 4.69) is 20.4 Å². The molecule has 0 fully saturated rings. The summed E-state index contributed by atoms with van der Waals surface area (Å²) in [5.74, 6) is -0.238. The fourth-order valence-corrected chi connectivity index (χ4v) is 4.21. The number of fused-ring (bicyclic) bond motifs is 1. The zero-order valence-electron chi connectivity index (χ0n) is 15.6. The standard InChI is InChI=1S/C21H15ClN6OS/c22-17-6-2-1-5-16(17)21-23-10-18(30-21)20(29)26-14-9-24-28(12-14)13-15-11-27-8-4-3-7-19(27)25-15/h1-12H,13H2,(H,26,29). The van der Waals surface area contributed by atoms with E-state index in [0.29, 0.717) is 27.1 Å². The fraction of sp³-hybridized carbons (Fsp3) is 0.0476. The van der Waals surface area contributed by atoms with Gasteiger partial charge in [-0.05, 0) is 18.2 Å². The highest BCUT2D eigenvalue weighted by atomic mass is 35.5. The van der Waals surface area contributed by atoms with Crippen molar-refractivity contribution in [2.75, 3.05) is 5.32 Å². The van der Waals surface area contributed by atoms with Crippen molar-refractivity contribution >= 4 is 40.2 Å². The summed E-state index contributed by atoms with van der Waals surface area (Å²) >= 11 is 7.51. The van der Waals surface area contributed by atoms with Crippen LogP contribution in [0.2, 0.25) is 5.02 Å². The van der Waals surface area contributed by atoms with Gasteiger partial charge in [-0.15, -0.1) is 11.3 Å². The summed E-state index contributed by atoms with van der Waals surface area (Å²) < 4.78 is 3.70. The van der Waals surface area contributed by atoms with Crippen LogP contribution in [0.15, 0.2) is 73.4 Å². The molecule has 0 unspecified atom stereocenters. The minimum Gasteiger partial charge on any atom is -0.319 e. The number of carbonyl (C=O) groups excluding carboxylic acids is 1. The van der Waals surface area contributed by atoms with Crippen LogP contribution in [0.25, 0.3) is 16.2 Å². The third-order valence-electron chi connectivity index (χ3n) is 4.46. The quantitative estimate of drug-likeness (QED) is 0.438. The number of imidazole rings is 1. The Labute approximate surface area is 180 Å². The number of hydrogen-bond acceptors (Lipinski definition) is 5. The molecule has 1 aromatic carbocycles. The maximum atomic E-state index is 12.6. The van der Waals surface area contributed by atoms with E-state index >= 15 is 0 Å². The van der Waals surface area contributed by atoms with E-state index in [0.717, 1.165) is 16.9 Å². The van der Waals surface area contributed by atoms with Crippen molar-refractivity contribution in [3.63, 3.8) is 0 Å². The second-order valence-corrected chi connectivity index (χ2v) is 8.03. The number of anilines is 1. The van der Waals surface area contributed by atoms with Gasteiger partial charge in [0.25, 0.3) is 5.91 Å². The SMILES string of the molecule is O=C(Nc1cnn(Cc2cn3ccccc3n2)c1)c1cnc(-c2ccccc2Cl)s1. The van der Waals surface area contributed by atoms with E-state index in [9.17, 15) is 4.79 Å². The molecular formula is C21H15ClN6OS. The zero-order chi connectivity index (χ0) is 20.5. The molecule has 0 aliphatic rings. The van der Waals surface area contributed by atoms with Crippen molar-refractivity contribution in [3.05, 3.63) is 89.0 Å². The van der Waals surface area contributed by atoms with Crippen LogP contribution >= 0.6 is 22.9 Å². The smallest absolute Gasteiger partial charge is 0.267 e. The molecule has 30 heavy (non-hydrogen) atoms. The molecule has 148 valence electrons. The van der Waals surface area contributed by atoms with Gasteiger partial charge >= 0.3 is 0 Å². The Balaban J connectivity index is 1.28. The third kappa shape index (κ3) is 3.70. The summed E-state index contributed by atoms with van der Waals surface area (Å²) in [4.78, 5) is 22.0. The third-order valence-corrected chi connectivity index (χ3v) is 5.82. The minimum absolute atomic E-state index is 0.238. The topological polar surface area (TPSA) is 77.1 Å². The first kappa shape index (κ1) is 18.5. The Bertz CT molecular complexity index is 1320. The van der Waals surface area contributed by atoms with Gasteiger partial charge in [0.1, 0.15) is 15.5 Å². The average molecular weight is 435 g/mol. The lowest BCUT2D eigenvalue weighted by Crippen LogP contribution is -2.09. The lowest BCUT2D eigenvalue weighted by atomic mass is 10.2. The molecule has 0 saturated heterocycles. The van der Waals surface area contributed by atoms with Crippen molar-refractivity contribution in [3.8, 4) is 10.6 Å². The van der Waals surface area contributed by atoms with Crippen LogP contribution in [0.3, 0.4) is 0 Å². The molecule has 7 nitrogen and oxygen atoms in total. The van der Waals surface area contributed by atoms with Crippen molar-refractivity contribution in [1.29, 1.82) is 0 Å². The molecule has 4 heterocycles. The molecule has 1 amide bonds. The fourth-order valence-electron chi connectivity index (χ4n) is 3.07. The summed E-state index contributed by atoms with van der Waals surface area (Å²) in [5, 5.41) is 8.48. The predicted molar refractivity (Wildman–Crippen MR) is 117 cm³/mol. The highest BCUT2D eigenvalue weighted by molar-refractivity contribution is 7.17. The number of pyridine rings is 1. The van der Waals surface area contributed by atoms with Gasteiger partial charge in [-0.3, -0.25) is 9.48 Å². The predicted octanol–water partition coefficient (Wildman–Crippen LogP) is 4.61. The van der Waals surface area contributed by atoms with Crippen LogP contribution < -0.4 is 5.32 Å². The van der Waals surface area contributed by atoms with Crippen LogP contribution in [-0.2, 0) is 6.54 Å². The molecular weight excluding hydrogens is 420 g/mol. The van der Waals surface area contributed by atoms with Crippen LogP contribution in [-0.4, -0.2) is 30.1 Å². The van der Waals surface area contributed by atoms with Crippen LogP contribution in [0.1, 0.15) is 15.4 Å². The number of halogens is 1. The second kappa shape index (κ2) is 7.74. The molecule has 1 N–H and O–H groups in total. The van der Waals surface area contributed by atoms with Gasteiger partial charge in [0, 0.05) is 24.2 Å². The summed E-state index contributed by atoms with van der Waals surface area (Å²) in [7, 11) is 0. The van der Waals surface area contributed by atoms with Crippen molar-refractivity contribution in [1.82, 2.24) is 24.1 Å². The first-order valence-corrected chi connectivity index (χ1v) is 10.3. The summed E-state index contributed by atoms with van der Waals surface area (Å²) in [6, 6.07) is 13.3. The number of nitrogens with one attached hydrogen (secondary N) is 1. The van der Waals surface area contributed by atoms with Gasteiger partial charge in [0.2, 0.25) is 0 Å². The molecule has 9 heteroatoms. The zero-order valence-corrected chi connectivity index (χ0v) is 17.1. The molecule has 0 saturated carbocycles. The van der Waals surface area contributed by atoms with Gasteiger partial charge in [-0.2, -0.15) is 5.10 Å². The summed E-state index contributed by atoms with van der Waals surface area (Å²) in [5.41, 5.74) is 3.18. The molecule has 5 aromatic rings. The molecule has 0 spiro atoms. The normalized spacial score (nSPS) is 11.1. The van der Waals surface area contributed by atoms with E-state index < -0.39 is 0 Å². The second-order valence-electron chi connectivity index (χ2n) is 6.59. The maximum Gasteiger partial charge on any atom is 0.267 e. The number of benzene rings is 1. The number of amides is 1. The largest absolute Gasteiger partial charge is 0.319 e. The molecule has 5 rings (SSSR count). The highest BCUT2D eigenvalue weighted by Gasteiger charge is 2.14. The summed E-state index contributed by atoms with van der Waals surface area (Å²) in [6.45, 7) is 0.509. The van der Waals surface area contributed by atoms with E-state index in [1.54, 1.807) is 29.3 Å². The van der Waals surface area contributed by atoms with Crippen LogP contribution in [0.4, 0.5) is 5.69 Å². The van der Waals surface area contributed by atoms with Crippen molar-refractivity contribution in [2.24, 2.45) is 0 Å². The van der Waals surface area contributed by atoms with Gasteiger partial charge in [0.15, 0.2) is 0 Å². The van der Waals surface area contributed by atoms with E-state index in [1.165, 1.54) is 11.3 Å². The lowest BCUT2D eigenvalue weighted by molar-refractivity contribution is 0.103. The monoisotopic (exact) mass is 434 g/mol. The Morgan fingerprint density at radius 2 is 1.97 bits per heavy atom. The average Bonchev–Trinajstić information content (AvgIpc) is 3.48. The summed E-state index contributed by atoms with van der Waals surface area (Å²) in [6.07, 6.45) is 8.86. The Morgan fingerprint density at radius 1 is 1.10 bits per heavy atom. The van der Waals surface area contributed by atoms with Crippen molar-refractivity contribution in [2.45, 2.75) is 6.54 Å². The number of aromatic nitrogens is 5. The highest BCUT2D eigenvalue weighted by Crippen LogP contribution is 2.31. The van der Waals surface area contributed by atoms with E-state index in [-0.39, 0.29) is 5.91 Å². The van der Waals surface area contributed by atoms with Gasteiger partial charge < -0.3 is 9.72 Å². The van der Waals surface area contributed by atoms with E-state index in [4.69, 9.17) is 11.6 Å². The number of rotatable bonds is 5. The number of hydrogen-bond donors (Lipinski definition) is 1. The molecule has 0 aliphatic heterocycles. The molecule has 0 atom stereocenters.